The van der Waals surface area contributed by atoms with Gasteiger partial charge in [0.05, 0.1) is 30.7 Å². The van der Waals surface area contributed by atoms with Gasteiger partial charge in [0, 0.05) is 23.9 Å². The molecule has 13 heteroatoms. The molecule has 1 aromatic heterocycles. The minimum atomic E-state index is -3.87. The Bertz CT molecular complexity index is 1940. The molecule has 4 bridgehead atoms. The Hall–Kier alpha value is -4.00. The van der Waals surface area contributed by atoms with Gasteiger partial charge in [-0.1, -0.05) is 45.8 Å². The summed E-state index contributed by atoms with van der Waals surface area (Å²) >= 11 is 0. The lowest BCUT2D eigenvalue weighted by Crippen LogP contribution is -2.57. The van der Waals surface area contributed by atoms with Gasteiger partial charge in [0.1, 0.15) is 17.7 Å². The number of carbonyl (C=O) groups is 4. The van der Waals surface area contributed by atoms with Crippen molar-refractivity contribution < 1.29 is 37.1 Å². The molecule has 2 N–H and O–H groups in total. The molecule has 54 heavy (non-hydrogen) atoms. The van der Waals surface area contributed by atoms with Crippen molar-refractivity contribution in [2.45, 2.75) is 127 Å². The van der Waals surface area contributed by atoms with Crippen LogP contribution < -0.4 is 14.8 Å². The first kappa shape index (κ1) is 38.3. The van der Waals surface area contributed by atoms with Crippen molar-refractivity contribution in [3.63, 3.8) is 0 Å². The van der Waals surface area contributed by atoms with E-state index in [-0.39, 0.29) is 49.7 Å². The van der Waals surface area contributed by atoms with E-state index in [0.717, 1.165) is 67.7 Å². The number of aryl methyl sites for hydroxylation is 2. The number of sulfonamides is 1. The summed E-state index contributed by atoms with van der Waals surface area (Å²) in [7, 11) is -3.87. The molecule has 2 aromatic rings. The van der Waals surface area contributed by atoms with Crippen molar-refractivity contribution in [3.8, 4) is 5.88 Å². The molecule has 7 rings (SSSR count). The smallest absolute Gasteiger partial charge is 0.306 e. The number of benzene rings is 1. The van der Waals surface area contributed by atoms with Crippen LogP contribution >= 0.6 is 0 Å². The normalized spacial score (nSPS) is 29.2. The van der Waals surface area contributed by atoms with Crippen molar-refractivity contribution in [1.29, 1.82) is 0 Å². The molecular formula is C41H54N4O8S. The molecule has 292 valence electrons. The van der Waals surface area contributed by atoms with E-state index in [1.165, 1.54) is 16.5 Å². The zero-order valence-corrected chi connectivity index (χ0v) is 32.5. The molecule has 2 aliphatic heterocycles. The fourth-order valence-electron chi connectivity index (χ4n) is 8.87. The van der Waals surface area contributed by atoms with Crippen molar-refractivity contribution in [1.82, 2.24) is 19.9 Å². The number of amides is 3. The van der Waals surface area contributed by atoms with Crippen molar-refractivity contribution in [3.05, 3.63) is 48.2 Å². The third-order valence-corrected chi connectivity index (χ3v) is 14.2. The monoisotopic (exact) mass is 762 g/mol. The molecular weight excluding hydrogens is 709 g/mol. The van der Waals surface area contributed by atoms with Gasteiger partial charge in [0.2, 0.25) is 27.7 Å². The van der Waals surface area contributed by atoms with Gasteiger partial charge in [-0.15, -0.1) is 6.58 Å². The molecule has 0 radical (unpaired) electrons. The number of ether oxygens (including phenoxy) is 2. The van der Waals surface area contributed by atoms with Crippen LogP contribution in [0.3, 0.4) is 0 Å². The van der Waals surface area contributed by atoms with Crippen LogP contribution in [0.5, 0.6) is 5.88 Å². The highest BCUT2D eigenvalue weighted by Gasteiger charge is 2.62. The molecule has 1 saturated heterocycles. The second-order valence-corrected chi connectivity index (χ2v) is 19.0. The van der Waals surface area contributed by atoms with Gasteiger partial charge in [-0.2, -0.15) is 0 Å². The Morgan fingerprint density at radius 2 is 1.85 bits per heavy atom. The van der Waals surface area contributed by atoms with Crippen LogP contribution in [0.15, 0.2) is 37.1 Å². The first-order valence-corrected chi connectivity index (χ1v) is 21.3. The van der Waals surface area contributed by atoms with Gasteiger partial charge in [0.25, 0.3) is 5.91 Å². The maximum Gasteiger partial charge on any atom is 0.306 e. The van der Waals surface area contributed by atoms with Crippen LogP contribution in [0.4, 0.5) is 0 Å². The van der Waals surface area contributed by atoms with Crippen LogP contribution in [0.25, 0.3) is 10.8 Å². The summed E-state index contributed by atoms with van der Waals surface area (Å²) in [6.07, 6.45) is 10.7. The highest BCUT2D eigenvalue weighted by molar-refractivity contribution is 7.91. The summed E-state index contributed by atoms with van der Waals surface area (Å²) < 4.78 is 40.2. The molecule has 3 aliphatic carbocycles. The minimum Gasteiger partial charge on any atom is -0.472 e. The van der Waals surface area contributed by atoms with E-state index in [2.05, 4.69) is 54.5 Å². The Morgan fingerprint density at radius 3 is 2.54 bits per heavy atom. The summed E-state index contributed by atoms with van der Waals surface area (Å²) in [5.74, 6) is -2.93. The van der Waals surface area contributed by atoms with Crippen molar-refractivity contribution in [2.24, 2.45) is 23.2 Å². The van der Waals surface area contributed by atoms with E-state index in [0.29, 0.717) is 18.7 Å². The van der Waals surface area contributed by atoms with Crippen LogP contribution in [-0.4, -0.2) is 78.1 Å². The van der Waals surface area contributed by atoms with E-state index in [9.17, 15) is 27.6 Å². The number of hydrogen-bond donors (Lipinski definition) is 2. The first-order chi connectivity index (χ1) is 25.7. The van der Waals surface area contributed by atoms with Gasteiger partial charge < -0.3 is 19.7 Å². The molecule has 0 spiro atoms. The molecule has 4 fully saturated rings. The topological polar surface area (TPSA) is 161 Å². The average molecular weight is 763 g/mol. The third kappa shape index (κ3) is 7.88. The summed E-state index contributed by atoms with van der Waals surface area (Å²) in [5.41, 5.74) is 0.545. The van der Waals surface area contributed by atoms with Crippen molar-refractivity contribution >= 4 is 44.5 Å². The van der Waals surface area contributed by atoms with Gasteiger partial charge in [-0.3, -0.25) is 23.9 Å². The zero-order chi connectivity index (χ0) is 38.4. The summed E-state index contributed by atoms with van der Waals surface area (Å²) in [6.45, 7) is 10.4. The molecule has 5 atom stereocenters. The van der Waals surface area contributed by atoms with Crippen molar-refractivity contribution in [2.75, 3.05) is 13.2 Å². The minimum absolute atomic E-state index is 0.0451. The Kier molecular flexibility index (Phi) is 10.6. The Labute approximate surface area is 318 Å². The van der Waals surface area contributed by atoms with Gasteiger partial charge in [-0.25, -0.2) is 13.4 Å². The SMILES string of the molecule is C=C[C@H]1C[C@]1(NC(=O)[C@@H]1C[C@H]2CN1C(=O)[C@H](C1CCCC1)CC(=O)OCC(C)(C)CCCc1cc(CC)c3ccnc(c3c1)O2)C(=O)NS(=O)(=O)C1CC1. The van der Waals surface area contributed by atoms with Gasteiger partial charge in [0.15, 0.2) is 0 Å². The lowest BCUT2D eigenvalue weighted by atomic mass is 9.86. The van der Waals surface area contributed by atoms with Crippen LogP contribution in [-0.2, 0) is 46.8 Å². The van der Waals surface area contributed by atoms with E-state index in [1.807, 2.05) is 6.07 Å². The maximum absolute atomic E-state index is 14.8. The van der Waals surface area contributed by atoms with Gasteiger partial charge in [-0.05, 0) is 97.8 Å². The number of pyridine rings is 1. The molecule has 1 aromatic carbocycles. The Morgan fingerprint density at radius 1 is 1.09 bits per heavy atom. The molecule has 3 amide bonds. The van der Waals surface area contributed by atoms with Gasteiger partial charge >= 0.3 is 5.97 Å². The zero-order valence-electron chi connectivity index (χ0n) is 31.7. The van der Waals surface area contributed by atoms with E-state index in [1.54, 1.807) is 6.20 Å². The highest BCUT2D eigenvalue weighted by atomic mass is 32.2. The first-order valence-electron chi connectivity index (χ1n) is 19.8. The predicted octanol–water partition coefficient (Wildman–Crippen LogP) is 4.92. The number of cyclic esters (lactones) is 1. The molecule has 0 unspecified atom stereocenters. The maximum atomic E-state index is 14.8. The van der Waals surface area contributed by atoms with E-state index >= 15 is 0 Å². The van der Waals surface area contributed by atoms with Crippen LogP contribution in [0, 0.1) is 23.2 Å². The number of hydrogen-bond acceptors (Lipinski definition) is 9. The lowest BCUT2D eigenvalue weighted by molar-refractivity contribution is -0.153. The number of fused-ring (bicyclic) bond motifs is 3. The summed E-state index contributed by atoms with van der Waals surface area (Å²) in [4.78, 5) is 62.4. The predicted molar refractivity (Wildman–Crippen MR) is 203 cm³/mol. The second-order valence-electron chi connectivity index (χ2n) is 17.0. The fourth-order valence-corrected chi connectivity index (χ4v) is 10.2. The quantitative estimate of drug-likeness (QED) is 0.281. The lowest BCUT2D eigenvalue weighted by Gasteiger charge is -2.32. The fraction of sp³-hybridized carbons (Fsp3) is 0.634. The van der Waals surface area contributed by atoms with Crippen LogP contribution in [0.2, 0.25) is 0 Å². The summed E-state index contributed by atoms with van der Waals surface area (Å²) in [5, 5.41) is 4.16. The molecule has 3 heterocycles. The number of aromatic nitrogens is 1. The largest absolute Gasteiger partial charge is 0.472 e. The molecule has 12 nitrogen and oxygen atoms in total. The van der Waals surface area contributed by atoms with E-state index in [4.69, 9.17) is 9.47 Å². The molecule has 5 aliphatic rings. The summed E-state index contributed by atoms with van der Waals surface area (Å²) in [6, 6.07) is 5.29. The highest BCUT2D eigenvalue weighted by Crippen LogP contribution is 2.46. The van der Waals surface area contributed by atoms with E-state index < -0.39 is 62.6 Å². The Balaban J connectivity index is 1.23. The number of carbonyl (C=O) groups excluding carboxylic acids is 4. The standard InChI is InChI=1S/C41H54N4O8S/c1-5-26-18-25-10-9-16-40(3,4)24-52-35(46)21-32(27-11-7-8-12-27)38(48)45-23-29(53-37-33(19-25)31(26)15-17-42-37)20-34(45)36(47)43-41(22-28(41)6-2)39(49)44-54(50,51)30-13-14-30/h6,15,17-19,27-30,32,34H,2,5,7-14,16,20-24H2,1,3-4H3,(H,43,47)(H,44,49)/t28-,29-,32-,34-,41+/m0/s1. The second kappa shape index (κ2) is 14.9. The number of nitrogens with one attached hydrogen (secondary N) is 2. The van der Waals surface area contributed by atoms with Crippen LogP contribution in [0.1, 0.15) is 103 Å². The number of rotatable bonds is 8. The number of nitrogens with zero attached hydrogens (tertiary/aromatic N) is 2. The average Bonchev–Trinajstić information content (AvgIpc) is 4.01. The molecule has 3 saturated carbocycles. The third-order valence-electron chi connectivity index (χ3n) is 12.4. The number of esters is 1.